The summed E-state index contributed by atoms with van der Waals surface area (Å²) >= 11 is 0. The quantitative estimate of drug-likeness (QED) is 0.0513. The number of nitrogens with one attached hydrogen (secondary N) is 1. The SMILES string of the molecule is CCCCC/C=C\C/C=C\CCCCCCCC(=O)N(CCCN(C)C)C1(C(=O)NCCCCCCCC/C=C\CCCCCCCC)CC(F)(F)C1. The van der Waals surface area contributed by atoms with E-state index >= 15 is 0 Å². The van der Waals surface area contributed by atoms with E-state index < -0.39 is 30.2 Å². The van der Waals surface area contributed by atoms with Gasteiger partial charge in [0.2, 0.25) is 11.8 Å². The highest BCUT2D eigenvalue weighted by Gasteiger charge is 2.64. The van der Waals surface area contributed by atoms with E-state index in [1.165, 1.54) is 94.8 Å². The Morgan fingerprint density at radius 2 is 1.00 bits per heavy atom. The van der Waals surface area contributed by atoms with Crippen molar-refractivity contribution in [1.29, 1.82) is 0 Å². The summed E-state index contributed by atoms with van der Waals surface area (Å²) in [4.78, 5) is 30.8. The first kappa shape index (κ1) is 49.0. The summed E-state index contributed by atoms with van der Waals surface area (Å²) in [7, 11) is 3.92. The Bertz CT molecular complexity index is 985. The minimum absolute atomic E-state index is 0.155. The Morgan fingerprint density at radius 1 is 0.566 bits per heavy atom. The van der Waals surface area contributed by atoms with Gasteiger partial charge in [0.1, 0.15) is 5.54 Å². The predicted molar refractivity (Wildman–Crippen MR) is 224 cm³/mol. The minimum atomic E-state index is -2.92. The van der Waals surface area contributed by atoms with Gasteiger partial charge in [-0.3, -0.25) is 9.59 Å². The molecule has 0 radical (unpaired) electrons. The Labute approximate surface area is 326 Å². The smallest absolute Gasteiger partial charge is 0.253 e. The van der Waals surface area contributed by atoms with Crippen molar-refractivity contribution in [3.63, 3.8) is 0 Å². The van der Waals surface area contributed by atoms with Gasteiger partial charge in [0.15, 0.2) is 0 Å². The lowest BCUT2D eigenvalue weighted by Gasteiger charge is -2.52. The molecule has 308 valence electrons. The Morgan fingerprint density at radius 3 is 1.51 bits per heavy atom. The zero-order valence-corrected chi connectivity index (χ0v) is 35.1. The lowest BCUT2D eigenvalue weighted by atomic mass is 9.70. The third kappa shape index (κ3) is 24.9. The third-order valence-electron chi connectivity index (χ3n) is 10.6. The van der Waals surface area contributed by atoms with Gasteiger partial charge < -0.3 is 15.1 Å². The molecule has 53 heavy (non-hydrogen) atoms. The Hall–Kier alpha value is -2.02. The van der Waals surface area contributed by atoms with Crippen LogP contribution in [0.5, 0.6) is 0 Å². The zero-order valence-electron chi connectivity index (χ0n) is 35.1. The van der Waals surface area contributed by atoms with Crippen molar-refractivity contribution < 1.29 is 18.4 Å². The van der Waals surface area contributed by atoms with Crippen molar-refractivity contribution in [2.75, 3.05) is 33.7 Å². The highest BCUT2D eigenvalue weighted by molar-refractivity contribution is 5.93. The second kappa shape index (κ2) is 32.2. The molecule has 0 spiro atoms. The molecule has 0 aromatic rings. The second-order valence-electron chi connectivity index (χ2n) is 16.1. The lowest BCUT2D eigenvalue weighted by Crippen LogP contribution is -2.70. The van der Waals surface area contributed by atoms with Crippen LogP contribution >= 0.6 is 0 Å². The number of carbonyl (C=O) groups is 2. The Balaban J connectivity index is 2.40. The third-order valence-corrected chi connectivity index (χ3v) is 10.6. The minimum Gasteiger partial charge on any atom is -0.354 e. The lowest BCUT2D eigenvalue weighted by molar-refractivity contribution is -0.192. The van der Waals surface area contributed by atoms with Crippen LogP contribution in [0.25, 0.3) is 0 Å². The van der Waals surface area contributed by atoms with E-state index in [1.807, 2.05) is 19.0 Å². The fourth-order valence-electron chi connectivity index (χ4n) is 7.36. The number of unbranched alkanes of at least 4 members (excludes halogenated alkanes) is 20. The number of nitrogens with zero attached hydrogens (tertiary/aromatic N) is 2. The summed E-state index contributed by atoms with van der Waals surface area (Å²) in [6, 6.07) is 0. The molecule has 0 aromatic heterocycles. The van der Waals surface area contributed by atoms with Gasteiger partial charge in [0.05, 0.1) is 0 Å². The van der Waals surface area contributed by atoms with Crippen molar-refractivity contribution in [2.24, 2.45) is 0 Å². The first-order valence-corrected chi connectivity index (χ1v) is 22.2. The molecule has 0 aromatic carbocycles. The number of halogens is 2. The maximum absolute atomic E-state index is 14.5. The molecule has 1 aliphatic carbocycles. The topological polar surface area (TPSA) is 52.7 Å². The van der Waals surface area contributed by atoms with Crippen molar-refractivity contribution in [2.45, 2.75) is 212 Å². The van der Waals surface area contributed by atoms with Gasteiger partial charge in [-0.1, -0.05) is 140 Å². The molecule has 0 saturated heterocycles. The maximum atomic E-state index is 14.5. The molecule has 0 heterocycles. The van der Waals surface area contributed by atoms with Crippen LogP contribution in [0.2, 0.25) is 0 Å². The molecule has 0 bridgehead atoms. The van der Waals surface area contributed by atoms with Crippen LogP contribution in [0, 0.1) is 0 Å². The number of rotatable bonds is 36. The van der Waals surface area contributed by atoms with E-state index in [0.717, 1.165) is 77.2 Å². The van der Waals surface area contributed by atoms with E-state index in [2.05, 4.69) is 55.6 Å². The molecule has 0 unspecified atom stereocenters. The van der Waals surface area contributed by atoms with Crippen molar-refractivity contribution in [3.05, 3.63) is 36.5 Å². The van der Waals surface area contributed by atoms with E-state index in [0.29, 0.717) is 25.9 Å². The number of hydrogen-bond acceptors (Lipinski definition) is 3. The van der Waals surface area contributed by atoms with Crippen molar-refractivity contribution >= 4 is 11.8 Å². The maximum Gasteiger partial charge on any atom is 0.253 e. The van der Waals surface area contributed by atoms with Gasteiger partial charge in [-0.25, -0.2) is 8.78 Å². The van der Waals surface area contributed by atoms with Gasteiger partial charge in [-0.2, -0.15) is 0 Å². The summed E-state index contributed by atoms with van der Waals surface area (Å²) in [6.45, 7) is 6.02. The van der Waals surface area contributed by atoms with Gasteiger partial charge in [0.25, 0.3) is 5.92 Å². The van der Waals surface area contributed by atoms with E-state index in [-0.39, 0.29) is 5.91 Å². The fraction of sp³-hybridized carbons (Fsp3) is 0.826. The van der Waals surface area contributed by atoms with Crippen LogP contribution < -0.4 is 5.32 Å². The summed E-state index contributed by atoms with van der Waals surface area (Å²) < 4.78 is 28.9. The monoisotopic (exact) mass is 748 g/mol. The van der Waals surface area contributed by atoms with Crippen LogP contribution in [0.15, 0.2) is 36.5 Å². The zero-order chi connectivity index (χ0) is 38.9. The highest BCUT2D eigenvalue weighted by Crippen LogP contribution is 2.49. The normalized spacial score (nSPS) is 15.2. The first-order valence-electron chi connectivity index (χ1n) is 22.2. The van der Waals surface area contributed by atoms with Gasteiger partial charge >= 0.3 is 0 Å². The van der Waals surface area contributed by atoms with Crippen LogP contribution in [-0.4, -0.2) is 66.8 Å². The van der Waals surface area contributed by atoms with E-state index in [9.17, 15) is 18.4 Å². The summed E-state index contributed by atoms with van der Waals surface area (Å²) in [5.74, 6) is -3.47. The van der Waals surface area contributed by atoms with Crippen molar-refractivity contribution in [1.82, 2.24) is 15.1 Å². The fourth-order valence-corrected chi connectivity index (χ4v) is 7.36. The standard InChI is InChI=1S/C46H83F2N3O2/c1-5-7-9-11-13-15-17-19-21-23-25-27-29-31-33-35-38-49-44(53)45(41-46(47,48)42-45)51(40-36-39-50(3)4)43(52)37-34-32-30-28-26-24-22-20-18-16-14-12-10-8-6-2/h14,16,19-22H,5-13,15,17-18,23-42H2,1-4H3,(H,49,53)/b16-14-,21-19-,22-20-. The molecule has 5 nitrogen and oxygen atoms in total. The molecule has 0 atom stereocenters. The van der Waals surface area contributed by atoms with Gasteiger partial charge in [-0.05, 0) is 97.7 Å². The number of allylic oxidation sites excluding steroid dienone is 6. The molecular formula is C46H83F2N3O2. The molecule has 1 aliphatic rings. The summed E-state index contributed by atoms with van der Waals surface area (Å²) in [5.41, 5.74) is -1.44. The van der Waals surface area contributed by atoms with Gasteiger partial charge in [0, 0.05) is 32.4 Å². The van der Waals surface area contributed by atoms with E-state index in [4.69, 9.17) is 0 Å². The molecule has 2 amide bonds. The predicted octanol–water partition coefficient (Wildman–Crippen LogP) is 12.9. The molecule has 1 rings (SSSR count). The van der Waals surface area contributed by atoms with Crippen LogP contribution in [0.1, 0.15) is 200 Å². The van der Waals surface area contributed by atoms with Crippen LogP contribution in [0.4, 0.5) is 8.78 Å². The molecular weight excluding hydrogens is 665 g/mol. The number of amides is 2. The second-order valence-corrected chi connectivity index (χ2v) is 16.1. The molecule has 7 heteroatoms. The van der Waals surface area contributed by atoms with E-state index in [1.54, 1.807) is 0 Å². The summed E-state index contributed by atoms with van der Waals surface area (Å²) in [5, 5.41) is 2.97. The van der Waals surface area contributed by atoms with Gasteiger partial charge in [-0.15, -0.1) is 0 Å². The Kier molecular flexibility index (Phi) is 29.8. The molecule has 1 N–H and O–H groups in total. The highest BCUT2D eigenvalue weighted by atomic mass is 19.3. The average Bonchev–Trinajstić information content (AvgIpc) is 3.11. The van der Waals surface area contributed by atoms with Crippen molar-refractivity contribution in [3.8, 4) is 0 Å². The molecule has 0 aliphatic heterocycles. The number of hydrogen-bond donors (Lipinski definition) is 1. The molecule has 1 fully saturated rings. The first-order chi connectivity index (χ1) is 25.7. The van der Waals surface area contributed by atoms with Crippen LogP contribution in [-0.2, 0) is 9.59 Å². The van der Waals surface area contributed by atoms with Crippen LogP contribution in [0.3, 0.4) is 0 Å². The molecule has 1 saturated carbocycles. The number of carbonyl (C=O) groups excluding carboxylic acids is 2. The summed E-state index contributed by atoms with van der Waals surface area (Å²) in [6.07, 6.45) is 42.6. The largest absolute Gasteiger partial charge is 0.354 e. The average molecular weight is 748 g/mol. The number of alkyl halides is 2.